The lowest BCUT2D eigenvalue weighted by molar-refractivity contribution is 0.281. The van der Waals surface area contributed by atoms with E-state index in [1.807, 2.05) is 37.3 Å². The van der Waals surface area contributed by atoms with Gasteiger partial charge in [-0.2, -0.15) is 5.26 Å². The van der Waals surface area contributed by atoms with E-state index in [1.54, 1.807) is 13.2 Å². The summed E-state index contributed by atoms with van der Waals surface area (Å²) in [6.07, 6.45) is 0. The van der Waals surface area contributed by atoms with E-state index in [9.17, 15) is 0 Å². The van der Waals surface area contributed by atoms with E-state index in [1.165, 1.54) is 0 Å². The third-order valence-electron chi connectivity index (χ3n) is 3.34. The highest BCUT2D eigenvalue weighted by Crippen LogP contribution is 2.31. The number of hydrogen-bond donors (Lipinski definition) is 1. The summed E-state index contributed by atoms with van der Waals surface area (Å²) < 4.78 is 11.2. The molecule has 0 heterocycles. The van der Waals surface area contributed by atoms with E-state index in [0.717, 1.165) is 16.7 Å². The zero-order valence-corrected chi connectivity index (χ0v) is 12.2. The van der Waals surface area contributed by atoms with Gasteiger partial charge in [0.2, 0.25) is 0 Å². The number of methoxy groups -OCH3 is 1. The first-order valence-electron chi connectivity index (χ1n) is 6.68. The zero-order chi connectivity index (χ0) is 15.2. The standard InChI is InChI=1S/C17H18N2O2/c1-12-8-13(9-18)6-7-15(12)11-21-17-14(10-19)4-3-5-16(17)20-2/h3-8H,10-11,19H2,1-2H3. The number of aryl methyl sites for hydroxylation is 1. The topological polar surface area (TPSA) is 68.3 Å². The van der Waals surface area contributed by atoms with Gasteiger partial charge in [0.05, 0.1) is 18.7 Å². The molecule has 2 rings (SSSR count). The Hall–Kier alpha value is -2.51. The average Bonchev–Trinajstić information content (AvgIpc) is 2.53. The Bertz CT molecular complexity index is 653. The second kappa shape index (κ2) is 6.78. The Morgan fingerprint density at radius 2 is 2.00 bits per heavy atom. The van der Waals surface area contributed by atoms with Crippen LogP contribution in [0, 0.1) is 18.3 Å². The van der Waals surface area contributed by atoms with Crippen molar-refractivity contribution in [1.29, 1.82) is 5.26 Å². The Kier molecular flexibility index (Phi) is 4.81. The van der Waals surface area contributed by atoms with Crippen LogP contribution in [0.3, 0.4) is 0 Å². The highest BCUT2D eigenvalue weighted by atomic mass is 16.5. The normalized spacial score (nSPS) is 10.0. The highest BCUT2D eigenvalue weighted by Gasteiger charge is 2.10. The van der Waals surface area contributed by atoms with Crippen molar-refractivity contribution in [3.05, 3.63) is 58.7 Å². The van der Waals surface area contributed by atoms with Crippen LogP contribution in [0.5, 0.6) is 11.5 Å². The molecule has 4 nitrogen and oxygen atoms in total. The van der Waals surface area contributed by atoms with Crippen LogP contribution in [-0.2, 0) is 13.2 Å². The molecule has 0 unspecified atom stereocenters. The van der Waals surface area contributed by atoms with Crippen LogP contribution >= 0.6 is 0 Å². The van der Waals surface area contributed by atoms with Crippen molar-refractivity contribution >= 4 is 0 Å². The van der Waals surface area contributed by atoms with Gasteiger partial charge in [-0.25, -0.2) is 0 Å². The number of nitrogens with zero attached hydrogens (tertiary/aromatic N) is 1. The van der Waals surface area contributed by atoms with Crippen LogP contribution in [-0.4, -0.2) is 7.11 Å². The van der Waals surface area contributed by atoms with Gasteiger partial charge in [0.25, 0.3) is 0 Å². The molecule has 0 amide bonds. The van der Waals surface area contributed by atoms with Crippen LogP contribution in [0.2, 0.25) is 0 Å². The molecule has 0 aliphatic carbocycles. The largest absolute Gasteiger partial charge is 0.493 e. The van der Waals surface area contributed by atoms with Crippen molar-refractivity contribution in [2.24, 2.45) is 5.73 Å². The van der Waals surface area contributed by atoms with Crippen molar-refractivity contribution in [1.82, 2.24) is 0 Å². The maximum atomic E-state index is 8.89. The molecule has 2 N–H and O–H groups in total. The van der Waals surface area contributed by atoms with Gasteiger partial charge in [-0.15, -0.1) is 0 Å². The summed E-state index contributed by atoms with van der Waals surface area (Å²) in [6.45, 7) is 2.76. The Morgan fingerprint density at radius 3 is 2.62 bits per heavy atom. The lowest BCUT2D eigenvalue weighted by Crippen LogP contribution is -2.05. The predicted molar refractivity (Wildman–Crippen MR) is 81.1 cm³/mol. The lowest BCUT2D eigenvalue weighted by atomic mass is 10.1. The van der Waals surface area contributed by atoms with Crippen LogP contribution in [0.4, 0.5) is 0 Å². The number of rotatable bonds is 5. The molecule has 0 radical (unpaired) electrons. The monoisotopic (exact) mass is 282 g/mol. The van der Waals surface area contributed by atoms with Crippen molar-refractivity contribution in [3.8, 4) is 17.6 Å². The molecule has 0 aromatic heterocycles. The minimum Gasteiger partial charge on any atom is -0.493 e. The van der Waals surface area contributed by atoms with Crippen molar-refractivity contribution < 1.29 is 9.47 Å². The third kappa shape index (κ3) is 3.33. The van der Waals surface area contributed by atoms with E-state index >= 15 is 0 Å². The Labute approximate surface area is 124 Å². The van der Waals surface area contributed by atoms with Gasteiger partial charge in [-0.05, 0) is 36.2 Å². The van der Waals surface area contributed by atoms with Gasteiger partial charge in [0.15, 0.2) is 11.5 Å². The maximum absolute atomic E-state index is 8.89. The predicted octanol–water partition coefficient (Wildman–Crippen LogP) is 2.91. The van der Waals surface area contributed by atoms with Crippen molar-refractivity contribution in [2.75, 3.05) is 7.11 Å². The van der Waals surface area contributed by atoms with Crippen molar-refractivity contribution in [3.63, 3.8) is 0 Å². The van der Waals surface area contributed by atoms with E-state index in [4.69, 9.17) is 20.5 Å². The first-order valence-corrected chi connectivity index (χ1v) is 6.68. The van der Waals surface area contributed by atoms with E-state index in [0.29, 0.717) is 30.2 Å². The summed E-state index contributed by atoms with van der Waals surface area (Å²) >= 11 is 0. The molecular weight excluding hydrogens is 264 g/mol. The molecule has 0 fully saturated rings. The first-order chi connectivity index (χ1) is 10.2. The molecular formula is C17H18N2O2. The minimum absolute atomic E-state index is 0.388. The number of ether oxygens (including phenoxy) is 2. The number of nitriles is 1. The van der Waals surface area contributed by atoms with Gasteiger partial charge in [-0.3, -0.25) is 0 Å². The van der Waals surface area contributed by atoms with E-state index in [-0.39, 0.29) is 0 Å². The fourth-order valence-electron chi connectivity index (χ4n) is 2.12. The maximum Gasteiger partial charge on any atom is 0.166 e. The molecule has 0 saturated heterocycles. The Morgan fingerprint density at radius 1 is 1.19 bits per heavy atom. The molecule has 0 bridgehead atoms. The van der Waals surface area contributed by atoms with Crippen LogP contribution < -0.4 is 15.2 Å². The zero-order valence-electron chi connectivity index (χ0n) is 12.2. The quantitative estimate of drug-likeness (QED) is 0.915. The lowest BCUT2D eigenvalue weighted by Gasteiger charge is -2.15. The molecule has 2 aromatic rings. The van der Waals surface area contributed by atoms with E-state index < -0.39 is 0 Å². The number of para-hydroxylation sites is 1. The van der Waals surface area contributed by atoms with Crippen molar-refractivity contribution in [2.45, 2.75) is 20.1 Å². The number of benzene rings is 2. The van der Waals surface area contributed by atoms with Crippen LogP contribution in [0.1, 0.15) is 22.3 Å². The van der Waals surface area contributed by atoms with E-state index in [2.05, 4.69) is 6.07 Å². The summed E-state index contributed by atoms with van der Waals surface area (Å²) in [5.41, 5.74) is 9.35. The Balaban J connectivity index is 2.22. The summed E-state index contributed by atoms with van der Waals surface area (Å²) in [5, 5.41) is 8.89. The van der Waals surface area contributed by atoms with Gasteiger partial charge >= 0.3 is 0 Å². The van der Waals surface area contributed by atoms with Gasteiger partial charge < -0.3 is 15.2 Å². The molecule has 0 saturated carbocycles. The summed E-state index contributed by atoms with van der Waals surface area (Å²) in [6, 6.07) is 13.3. The molecule has 0 aliphatic heterocycles. The minimum atomic E-state index is 0.388. The van der Waals surface area contributed by atoms with Gasteiger partial charge in [-0.1, -0.05) is 18.2 Å². The van der Waals surface area contributed by atoms with Gasteiger partial charge in [0, 0.05) is 12.1 Å². The molecule has 0 spiro atoms. The third-order valence-corrected chi connectivity index (χ3v) is 3.34. The van der Waals surface area contributed by atoms with Gasteiger partial charge in [0.1, 0.15) is 6.61 Å². The first kappa shape index (κ1) is 14.9. The fourth-order valence-corrected chi connectivity index (χ4v) is 2.12. The summed E-state index contributed by atoms with van der Waals surface area (Å²) in [7, 11) is 1.61. The second-order valence-corrected chi connectivity index (χ2v) is 4.69. The van der Waals surface area contributed by atoms with Crippen LogP contribution in [0.25, 0.3) is 0 Å². The molecule has 2 aromatic carbocycles. The second-order valence-electron chi connectivity index (χ2n) is 4.69. The SMILES string of the molecule is COc1cccc(CN)c1OCc1ccc(C#N)cc1C. The molecule has 108 valence electrons. The average molecular weight is 282 g/mol. The number of hydrogen-bond acceptors (Lipinski definition) is 4. The smallest absolute Gasteiger partial charge is 0.166 e. The molecule has 0 atom stereocenters. The number of nitrogens with two attached hydrogens (primary N) is 1. The molecule has 21 heavy (non-hydrogen) atoms. The highest BCUT2D eigenvalue weighted by molar-refractivity contribution is 5.47. The summed E-state index contributed by atoms with van der Waals surface area (Å²) in [4.78, 5) is 0. The fraction of sp³-hybridized carbons (Fsp3) is 0.235. The van der Waals surface area contributed by atoms with Crippen LogP contribution in [0.15, 0.2) is 36.4 Å². The molecule has 0 aliphatic rings. The molecule has 4 heteroatoms. The summed E-state index contributed by atoms with van der Waals surface area (Å²) in [5.74, 6) is 1.34.